The summed E-state index contributed by atoms with van der Waals surface area (Å²) >= 11 is 0. The van der Waals surface area contributed by atoms with Crippen LogP contribution in [0.2, 0.25) is 0 Å². The molecule has 0 unspecified atom stereocenters. The Balaban J connectivity index is 1.32. The maximum atomic E-state index is 14.8. The molecule has 7 rings (SSSR count). The summed E-state index contributed by atoms with van der Waals surface area (Å²) in [6.45, 7) is 3.45. The van der Waals surface area contributed by atoms with Gasteiger partial charge in [-0.15, -0.1) is 0 Å². The minimum Gasteiger partial charge on any atom is -0.488 e. The van der Waals surface area contributed by atoms with E-state index in [4.69, 9.17) is 15.2 Å². The summed E-state index contributed by atoms with van der Waals surface area (Å²) in [6, 6.07) is 16.1. The third kappa shape index (κ3) is 3.79. The van der Waals surface area contributed by atoms with Crippen molar-refractivity contribution in [3.63, 3.8) is 0 Å². The second-order valence-corrected chi connectivity index (χ2v) is 9.95. The largest absolute Gasteiger partial charge is 0.488 e. The maximum absolute atomic E-state index is 14.8. The van der Waals surface area contributed by atoms with Gasteiger partial charge in [0.25, 0.3) is 0 Å². The molecule has 2 fully saturated rings. The number of nitrogens with two attached hydrogens (primary N) is 1. The normalized spacial score (nSPS) is 22.4. The molecule has 0 radical (unpaired) electrons. The van der Waals surface area contributed by atoms with E-state index in [1.165, 1.54) is 18.2 Å². The molecule has 6 nitrogen and oxygen atoms in total. The van der Waals surface area contributed by atoms with E-state index in [-0.39, 0.29) is 18.5 Å². The number of imidazole rings is 1. The van der Waals surface area contributed by atoms with Crippen molar-refractivity contribution in [3.05, 3.63) is 88.5 Å². The summed E-state index contributed by atoms with van der Waals surface area (Å²) in [5.41, 5.74) is 11.7. The third-order valence-corrected chi connectivity index (χ3v) is 7.77. The van der Waals surface area contributed by atoms with Gasteiger partial charge in [-0.2, -0.15) is 0 Å². The fraction of sp³-hybridized carbons (Fsp3) is 0.276. The van der Waals surface area contributed by atoms with Gasteiger partial charge in [-0.05, 0) is 59.5 Å². The van der Waals surface area contributed by atoms with Gasteiger partial charge in [-0.25, -0.2) is 13.8 Å². The van der Waals surface area contributed by atoms with Gasteiger partial charge in [0.15, 0.2) is 0 Å². The monoisotopic (exact) mass is 500 g/mol. The quantitative estimate of drug-likeness (QED) is 0.419. The Labute approximate surface area is 212 Å². The second kappa shape index (κ2) is 8.68. The second-order valence-electron chi connectivity index (χ2n) is 9.95. The number of hydrogen-bond donors (Lipinski definition) is 1. The molecule has 8 heteroatoms. The molecule has 188 valence electrons. The van der Waals surface area contributed by atoms with Gasteiger partial charge in [0, 0.05) is 36.3 Å². The van der Waals surface area contributed by atoms with Crippen molar-refractivity contribution in [2.45, 2.75) is 25.1 Å². The summed E-state index contributed by atoms with van der Waals surface area (Å²) in [5, 5.41) is 0. The topological polar surface area (TPSA) is 65.5 Å². The van der Waals surface area contributed by atoms with Crippen LogP contribution in [-0.2, 0) is 11.3 Å². The van der Waals surface area contributed by atoms with Crippen LogP contribution in [0, 0.1) is 11.6 Å². The van der Waals surface area contributed by atoms with Crippen molar-refractivity contribution in [2.75, 3.05) is 32.0 Å². The van der Waals surface area contributed by atoms with Crippen LogP contribution in [0.15, 0.2) is 54.6 Å². The van der Waals surface area contributed by atoms with Gasteiger partial charge in [0.05, 0.1) is 30.3 Å². The molecule has 3 aliphatic heterocycles. The predicted molar refractivity (Wildman–Crippen MR) is 138 cm³/mol. The zero-order valence-electron chi connectivity index (χ0n) is 20.2. The van der Waals surface area contributed by atoms with Crippen LogP contribution in [0.1, 0.15) is 34.7 Å². The molecule has 2 N–H and O–H groups in total. The molecule has 0 aliphatic carbocycles. The van der Waals surface area contributed by atoms with Gasteiger partial charge in [-0.3, -0.25) is 4.90 Å². The van der Waals surface area contributed by atoms with Crippen molar-refractivity contribution in [2.24, 2.45) is 0 Å². The van der Waals surface area contributed by atoms with Gasteiger partial charge in [-0.1, -0.05) is 18.2 Å². The van der Waals surface area contributed by atoms with Crippen molar-refractivity contribution in [1.82, 2.24) is 14.5 Å². The van der Waals surface area contributed by atoms with E-state index >= 15 is 0 Å². The Morgan fingerprint density at radius 1 is 1.03 bits per heavy atom. The lowest BCUT2D eigenvalue weighted by Gasteiger charge is -2.28. The lowest BCUT2D eigenvalue weighted by Crippen LogP contribution is -2.40. The molecular formula is C29H26F2N4O2. The van der Waals surface area contributed by atoms with Crippen LogP contribution < -0.4 is 10.5 Å². The highest BCUT2D eigenvalue weighted by atomic mass is 19.1. The lowest BCUT2D eigenvalue weighted by atomic mass is 9.92. The Hall–Kier alpha value is -3.75. The highest BCUT2D eigenvalue weighted by Gasteiger charge is 2.36. The van der Waals surface area contributed by atoms with Crippen molar-refractivity contribution in [3.8, 4) is 5.75 Å². The highest BCUT2D eigenvalue weighted by Crippen LogP contribution is 2.40. The predicted octanol–water partition coefficient (Wildman–Crippen LogP) is 5.02. The summed E-state index contributed by atoms with van der Waals surface area (Å²) in [4.78, 5) is 7.16. The zero-order valence-corrected chi connectivity index (χ0v) is 20.2. The van der Waals surface area contributed by atoms with E-state index < -0.39 is 5.82 Å². The zero-order chi connectivity index (χ0) is 25.1. The first-order valence-corrected chi connectivity index (χ1v) is 12.6. The first kappa shape index (κ1) is 22.4. The number of benzene rings is 3. The molecule has 0 saturated carbocycles. The number of hydrogen-bond acceptors (Lipinski definition) is 5. The van der Waals surface area contributed by atoms with Gasteiger partial charge >= 0.3 is 0 Å². The molecule has 4 heterocycles. The molecule has 0 bridgehead atoms. The number of morpholine rings is 1. The number of nitrogens with zero attached hydrogens (tertiary/aromatic N) is 3. The molecule has 0 amide bonds. The Bertz CT molecular complexity index is 1550. The number of halogens is 2. The number of nitrogen functional groups attached to an aromatic ring is 1. The van der Waals surface area contributed by atoms with Crippen LogP contribution in [-0.4, -0.2) is 46.8 Å². The minimum absolute atomic E-state index is 0.0280. The first-order valence-electron chi connectivity index (χ1n) is 12.6. The SMILES string of the molecule is Nc1nc2cc(/C=C3/c4ccc(F)cc4OCc4c(F)cccc43)ccc2n1[C@H]1C[C@H]2COCCN2C1. The molecule has 4 aromatic rings. The Morgan fingerprint density at radius 3 is 2.84 bits per heavy atom. The van der Waals surface area contributed by atoms with E-state index in [0.29, 0.717) is 28.9 Å². The lowest BCUT2D eigenvalue weighted by molar-refractivity contribution is 0.0128. The molecule has 2 atom stereocenters. The summed E-state index contributed by atoms with van der Waals surface area (Å²) in [7, 11) is 0. The van der Waals surface area contributed by atoms with E-state index in [9.17, 15) is 8.78 Å². The summed E-state index contributed by atoms with van der Waals surface area (Å²) in [5.74, 6) is 0.137. The summed E-state index contributed by atoms with van der Waals surface area (Å²) in [6.07, 6.45) is 2.96. The molecular weight excluding hydrogens is 474 g/mol. The molecule has 37 heavy (non-hydrogen) atoms. The average Bonchev–Trinajstić information content (AvgIpc) is 3.41. The molecule has 0 spiro atoms. The molecule has 3 aromatic carbocycles. The Morgan fingerprint density at radius 2 is 1.95 bits per heavy atom. The van der Waals surface area contributed by atoms with Crippen LogP contribution in [0.25, 0.3) is 22.7 Å². The average molecular weight is 501 g/mol. The molecule has 3 aliphatic rings. The van der Waals surface area contributed by atoms with E-state index in [0.717, 1.165) is 60.5 Å². The smallest absolute Gasteiger partial charge is 0.201 e. The fourth-order valence-corrected chi connectivity index (χ4v) is 6.01. The highest BCUT2D eigenvalue weighted by molar-refractivity contribution is 5.96. The number of aromatic nitrogens is 2. The number of rotatable bonds is 2. The number of anilines is 1. The van der Waals surface area contributed by atoms with Crippen LogP contribution in [0.3, 0.4) is 0 Å². The standard InChI is InChI=1S/C29H26F2N4O2/c30-18-5-6-22-23(21-2-1-3-25(31)24(21)16-37-28(22)12-18)10-17-4-7-27-26(11-17)33-29(32)35(27)19-13-20-15-36-9-8-34(20)14-19/h1-7,10-12,19-20H,8-9,13-16H2,(H2,32,33)/b23-10+/t19-,20-/m0/s1. The van der Waals surface area contributed by atoms with E-state index in [1.807, 2.05) is 30.3 Å². The van der Waals surface area contributed by atoms with Crippen LogP contribution >= 0.6 is 0 Å². The molecule has 1 aromatic heterocycles. The van der Waals surface area contributed by atoms with Crippen molar-refractivity contribution >= 4 is 28.6 Å². The van der Waals surface area contributed by atoms with Crippen LogP contribution in [0.5, 0.6) is 5.75 Å². The Kier molecular flexibility index (Phi) is 5.26. The van der Waals surface area contributed by atoms with Crippen molar-refractivity contribution < 1.29 is 18.3 Å². The van der Waals surface area contributed by atoms with E-state index in [1.54, 1.807) is 12.1 Å². The minimum atomic E-state index is -0.401. The fourth-order valence-electron chi connectivity index (χ4n) is 6.01. The molecule has 2 saturated heterocycles. The van der Waals surface area contributed by atoms with Gasteiger partial charge < -0.3 is 19.8 Å². The number of ether oxygens (including phenoxy) is 2. The van der Waals surface area contributed by atoms with Gasteiger partial charge in [0.1, 0.15) is 24.0 Å². The number of fused-ring (bicyclic) bond motifs is 4. The van der Waals surface area contributed by atoms with E-state index in [2.05, 4.69) is 14.5 Å². The van der Waals surface area contributed by atoms with Gasteiger partial charge in [0.2, 0.25) is 5.95 Å². The summed E-state index contributed by atoms with van der Waals surface area (Å²) < 4.78 is 42.4. The first-order chi connectivity index (χ1) is 18.0. The maximum Gasteiger partial charge on any atom is 0.201 e. The third-order valence-electron chi connectivity index (χ3n) is 7.77. The van der Waals surface area contributed by atoms with Crippen molar-refractivity contribution in [1.29, 1.82) is 0 Å². The van der Waals surface area contributed by atoms with Crippen LogP contribution in [0.4, 0.5) is 14.7 Å².